The summed E-state index contributed by atoms with van der Waals surface area (Å²) in [5, 5.41) is 14.2. The number of nitrogens with one attached hydrogen (secondary N) is 1. The highest BCUT2D eigenvalue weighted by Crippen LogP contribution is 2.20. The Hall–Kier alpha value is -5.55. The van der Waals surface area contributed by atoms with E-state index >= 15 is 0 Å². The first-order valence-corrected chi connectivity index (χ1v) is 16.5. The fraction of sp³-hybridized carbons (Fsp3) is 0.233. The minimum atomic E-state index is -3.54. The van der Waals surface area contributed by atoms with Crippen molar-refractivity contribution in [1.82, 2.24) is 18.6 Å². The van der Waals surface area contributed by atoms with Crippen LogP contribution in [0.3, 0.4) is 0 Å². The highest BCUT2D eigenvalue weighted by Gasteiger charge is 2.21. The quantitative estimate of drug-likeness (QED) is 0.0733. The van der Waals surface area contributed by atoms with E-state index in [1.807, 2.05) is 0 Å². The number of hydrogen-bond acceptors (Lipinski definition) is 8. The topological polar surface area (TPSA) is 198 Å². The Kier molecular flexibility index (Phi) is 11.0. The number of hydrogen-bond donors (Lipinski definition) is 3. The lowest BCUT2D eigenvalue weighted by atomic mass is 10.2. The molecular formula is C30H34ClN9O7S. The largest absolute Gasteiger partial charge is 0.409 e. The van der Waals surface area contributed by atoms with Crippen LogP contribution >= 0.6 is 11.6 Å². The van der Waals surface area contributed by atoms with E-state index in [1.165, 1.54) is 110 Å². The summed E-state index contributed by atoms with van der Waals surface area (Å²) in [6, 6.07) is 8.84. The first-order chi connectivity index (χ1) is 22.7. The fourth-order valence-electron chi connectivity index (χ4n) is 4.42. The lowest BCUT2D eigenvalue weighted by molar-refractivity contribution is 0.102. The van der Waals surface area contributed by atoms with E-state index in [-0.39, 0.29) is 46.9 Å². The Bertz CT molecular complexity index is 1950. The van der Waals surface area contributed by atoms with Crippen molar-refractivity contribution < 1.29 is 32.8 Å². The number of anilines is 3. The van der Waals surface area contributed by atoms with Gasteiger partial charge < -0.3 is 21.2 Å². The molecule has 3 heterocycles. The molecule has 0 aliphatic rings. The molecule has 0 fully saturated rings. The van der Waals surface area contributed by atoms with Gasteiger partial charge in [-0.1, -0.05) is 5.16 Å². The van der Waals surface area contributed by atoms with Gasteiger partial charge in [0, 0.05) is 82.7 Å². The summed E-state index contributed by atoms with van der Waals surface area (Å²) in [6.07, 6.45) is 9.04. The number of nitrogens with two attached hydrogens (primary N) is 1. The maximum absolute atomic E-state index is 13.2. The number of halogens is 1. The molecule has 0 bridgehead atoms. The average Bonchev–Trinajstić information content (AvgIpc) is 3.87. The van der Waals surface area contributed by atoms with E-state index in [9.17, 15) is 27.6 Å². The minimum Gasteiger partial charge on any atom is -0.409 e. The lowest BCUT2D eigenvalue weighted by Crippen LogP contribution is -2.33. The predicted octanol–water partition coefficient (Wildman–Crippen LogP) is 3.60. The number of nitrogens with zero attached hydrogens (tertiary/aromatic N) is 7. The Morgan fingerprint density at radius 3 is 1.90 bits per heavy atom. The lowest BCUT2D eigenvalue weighted by Gasteiger charge is -2.18. The molecule has 0 aliphatic carbocycles. The molecule has 48 heavy (non-hydrogen) atoms. The van der Waals surface area contributed by atoms with Crippen LogP contribution in [0, 0.1) is 0 Å². The monoisotopic (exact) mass is 699 g/mol. The third-order valence-electron chi connectivity index (χ3n) is 7.30. The second-order valence-corrected chi connectivity index (χ2v) is 13.1. The molecule has 0 unspecified atom stereocenters. The second kappa shape index (κ2) is 14.9. The summed E-state index contributed by atoms with van der Waals surface area (Å²) in [4.78, 5) is 55.9. The molecule has 4 rings (SSSR count). The van der Waals surface area contributed by atoms with Crippen LogP contribution in [0.15, 0.2) is 89.7 Å². The van der Waals surface area contributed by atoms with Crippen molar-refractivity contribution >= 4 is 68.3 Å². The van der Waals surface area contributed by atoms with Crippen LogP contribution in [0.5, 0.6) is 0 Å². The van der Waals surface area contributed by atoms with E-state index in [4.69, 9.17) is 22.5 Å². The molecule has 0 radical (unpaired) electrons. The molecule has 4 amide bonds. The SMILES string of the molecule is CN(CCC(N)=NO)C(=O)n1ccc(N(C)C(=O)n2ccc(N(C)C(=O)n3ccc(NC(=O)c4ccc(S(=O)(=O)CCCl)cc4)c3)c2)c1. The Morgan fingerprint density at radius 2 is 1.35 bits per heavy atom. The van der Waals surface area contributed by atoms with E-state index in [0.29, 0.717) is 17.1 Å². The van der Waals surface area contributed by atoms with E-state index in [2.05, 4.69) is 10.5 Å². The number of sulfone groups is 1. The molecule has 0 aliphatic heterocycles. The number of alkyl halides is 1. The van der Waals surface area contributed by atoms with Gasteiger partial charge >= 0.3 is 18.1 Å². The highest BCUT2D eigenvalue weighted by atomic mass is 35.5. The predicted molar refractivity (Wildman–Crippen MR) is 180 cm³/mol. The number of aromatic nitrogens is 3. The number of amides is 4. The van der Waals surface area contributed by atoms with Crippen molar-refractivity contribution in [3.8, 4) is 0 Å². The maximum atomic E-state index is 13.2. The van der Waals surface area contributed by atoms with Gasteiger partial charge in [-0.05, 0) is 42.5 Å². The Labute approximate surface area is 281 Å². The van der Waals surface area contributed by atoms with Gasteiger partial charge in [-0.2, -0.15) is 0 Å². The molecule has 3 aromatic heterocycles. The van der Waals surface area contributed by atoms with Gasteiger partial charge in [0.2, 0.25) is 0 Å². The Balaban J connectivity index is 1.36. The van der Waals surface area contributed by atoms with Crippen LogP contribution < -0.4 is 20.9 Å². The van der Waals surface area contributed by atoms with Crippen LogP contribution in [0.4, 0.5) is 31.4 Å². The zero-order valence-electron chi connectivity index (χ0n) is 26.2. The van der Waals surface area contributed by atoms with Crippen LogP contribution in [0.25, 0.3) is 0 Å². The van der Waals surface area contributed by atoms with Gasteiger partial charge in [0.1, 0.15) is 5.84 Å². The van der Waals surface area contributed by atoms with Gasteiger partial charge in [-0.3, -0.25) is 28.3 Å². The van der Waals surface area contributed by atoms with Crippen LogP contribution in [0.2, 0.25) is 0 Å². The van der Waals surface area contributed by atoms with Crippen molar-refractivity contribution in [3.63, 3.8) is 0 Å². The molecule has 16 nitrogen and oxygen atoms in total. The molecule has 1 aromatic carbocycles. The van der Waals surface area contributed by atoms with E-state index in [1.54, 1.807) is 19.2 Å². The van der Waals surface area contributed by atoms with Gasteiger partial charge in [0.15, 0.2) is 9.84 Å². The number of benzene rings is 1. The second-order valence-electron chi connectivity index (χ2n) is 10.6. The number of carbonyl (C=O) groups excluding carboxylic acids is 4. The van der Waals surface area contributed by atoms with Crippen molar-refractivity contribution in [1.29, 1.82) is 0 Å². The first-order valence-electron chi connectivity index (χ1n) is 14.3. The van der Waals surface area contributed by atoms with Gasteiger partial charge in [0.25, 0.3) is 5.91 Å². The standard InChI is InChI=1S/C30H34ClN9O7S/c1-35(13-11-26(32)34-45)28(42)39-15-9-23(19-39)37(3)30(44)40-16-10-24(20-40)36(2)29(43)38-14-8-22(18-38)33-27(41)21-4-6-25(7-5-21)48(46,47)17-12-31/h4-10,14-16,18-20,45H,11-13,17H2,1-3H3,(H2,32,34)(H,33,41). The molecule has 0 saturated carbocycles. The number of oxime groups is 1. The van der Waals surface area contributed by atoms with Crippen molar-refractivity contribution in [2.75, 3.05) is 54.4 Å². The smallest absolute Gasteiger partial charge is 0.332 e. The number of carbonyl (C=O) groups is 4. The number of rotatable bonds is 10. The summed E-state index contributed by atoms with van der Waals surface area (Å²) in [6.45, 7) is 0.217. The summed E-state index contributed by atoms with van der Waals surface area (Å²) >= 11 is 5.56. The van der Waals surface area contributed by atoms with Crippen LogP contribution in [-0.4, -0.2) is 101 Å². The number of amidine groups is 1. The molecule has 0 atom stereocenters. The summed E-state index contributed by atoms with van der Waals surface area (Å²) < 4.78 is 28.2. The average molecular weight is 700 g/mol. The zero-order valence-corrected chi connectivity index (χ0v) is 27.8. The van der Waals surface area contributed by atoms with Crippen molar-refractivity contribution in [2.45, 2.75) is 11.3 Å². The third kappa shape index (κ3) is 8.05. The summed E-state index contributed by atoms with van der Waals surface area (Å²) in [7, 11) is 1.09. The molecule has 0 spiro atoms. The van der Waals surface area contributed by atoms with Crippen LogP contribution in [0.1, 0.15) is 16.8 Å². The highest BCUT2D eigenvalue weighted by molar-refractivity contribution is 7.91. The van der Waals surface area contributed by atoms with Gasteiger partial charge in [-0.15, -0.1) is 11.6 Å². The van der Waals surface area contributed by atoms with Crippen molar-refractivity contribution in [3.05, 3.63) is 85.2 Å². The van der Waals surface area contributed by atoms with E-state index < -0.39 is 27.8 Å². The molecule has 4 aromatic rings. The molecule has 0 saturated heterocycles. The Morgan fingerprint density at radius 1 is 0.833 bits per heavy atom. The van der Waals surface area contributed by atoms with E-state index in [0.717, 1.165) is 0 Å². The van der Waals surface area contributed by atoms with Gasteiger partial charge in [0.05, 0.1) is 27.7 Å². The molecule has 18 heteroatoms. The molecular weight excluding hydrogens is 666 g/mol. The molecule has 254 valence electrons. The van der Waals surface area contributed by atoms with Gasteiger partial charge in [-0.25, -0.2) is 22.8 Å². The third-order valence-corrected chi connectivity index (χ3v) is 9.44. The first kappa shape index (κ1) is 35.3. The molecule has 4 N–H and O–H groups in total. The fourth-order valence-corrected chi connectivity index (χ4v) is 6.02. The van der Waals surface area contributed by atoms with Crippen molar-refractivity contribution in [2.24, 2.45) is 10.9 Å². The normalized spacial score (nSPS) is 11.6. The minimum absolute atomic E-state index is 0.00548. The summed E-state index contributed by atoms with van der Waals surface area (Å²) in [5.74, 6) is -0.766. The zero-order chi connectivity index (χ0) is 35.2. The van der Waals surface area contributed by atoms with Crippen LogP contribution in [-0.2, 0) is 9.84 Å². The maximum Gasteiger partial charge on any atom is 0.332 e. The summed E-state index contributed by atoms with van der Waals surface area (Å²) in [5.41, 5.74) is 6.86.